The second-order valence-electron chi connectivity index (χ2n) is 6.93. The molecule has 118 valence electrons. The molecule has 0 fully saturated rings. The van der Waals surface area contributed by atoms with E-state index in [0.29, 0.717) is 0 Å². The van der Waals surface area contributed by atoms with Gasteiger partial charge >= 0.3 is 0 Å². The van der Waals surface area contributed by atoms with Crippen LogP contribution < -0.4 is 5.73 Å². The van der Waals surface area contributed by atoms with E-state index in [1.165, 1.54) is 65.1 Å². The summed E-state index contributed by atoms with van der Waals surface area (Å²) in [5, 5.41) is 2.80. The van der Waals surface area contributed by atoms with E-state index in [2.05, 4.69) is 43.3 Å². The van der Waals surface area contributed by atoms with E-state index in [0.717, 1.165) is 18.5 Å². The lowest BCUT2D eigenvalue weighted by atomic mass is 9.79. The second kappa shape index (κ2) is 5.88. The molecule has 2 aromatic carbocycles. The van der Waals surface area contributed by atoms with E-state index >= 15 is 0 Å². The monoisotopic (exact) mass is 303 g/mol. The molecular weight excluding hydrogens is 278 g/mol. The van der Waals surface area contributed by atoms with Crippen LogP contribution >= 0.6 is 0 Å². The van der Waals surface area contributed by atoms with Gasteiger partial charge in [0.25, 0.3) is 0 Å². The molecule has 23 heavy (non-hydrogen) atoms. The van der Waals surface area contributed by atoms with Crippen LogP contribution in [0.2, 0.25) is 0 Å². The Morgan fingerprint density at radius 3 is 2.83 bits per heavy atom. The third kappa shape index (κ3) is 2.49. The predicted octanol–water partition coefficient (Wildman–Crippen LogP) is 5.81. The highest BCUT2D eigenvalue weighted by Crippen LogP contribution is 2.41. The van der Waals surface area contributed by atoms with Gasteiger partial charge in [-0.05, 0) is 83.7 Å². The van der Waals surface area contributed by atoms with Crippen LogP contribution in [0.1, 0.15) is 55.7 Å². The number of rotatable bonds is 3. The maximum absolute atomic E-state index is 6.24. The molecule has 2 aliphatic rings. The fraction of sp³-hybridized carbons (Fsp3) is 0.364. The Labute approximate surface area is 138 Å². The first-order valence-corrected chi connectivity index (χ1v) is 9.01. The molecule has 0 heterocycles. The Morgan fingerprint density at radius 1 is 1.04 bits per heavy atom. The van der Waals surface area contributed by atoms with Gasteiger partial charge in [-0.2, -0.15) is 0 Å². The van der Waals surface area contributed by atoms with Gasteiger partial charge in [0.15, 0.2) is 0 Å². The normalized spacial score (nSPS) is 16.6. The summed E-state index contributed by atoms with van der Waals surface area (Å²) in [7, 11) is 0. The molecule has 2 N–H and O–H groups in total. The van der Waals surface area contributed by atoms with Crippen LogP contribution in [-0.2, 0) is 12.8 Å². The van der Waals surface area contributed by atoms with Crippen molar-refractivity contribution in [1.82, 2.24) is 0 Å². The zero-order valence-corrected chi connectivity index (χ0v) is 14.0. The highest BCUT2D eigenvalue weighted by atomic mass is 14.5. The van der Waals surface area contributed by atoms with E-state index in [9.17, 15) is 0 Å². The fourth-order valence-electron chi connectivity index (χ4n) is 4.22. The molecule has 0 aliphatic heterocycles. The van der Waals surface area contributed by atoms with E-state index < -0.39 is 0 Å². The third-order valence-electron chi connectivity index (χ3n) is 5.40. The summed E-state index contributed by atoms with van der Waals surface area (Å²) in [6.07, 6.45) is 13.1. The second-order valence-corrected chi connectivity index (χ2v) is 6.93. The van der Waals surface area contributed by atoms with Gasteiger partial charge in [0.2, 0.25) is 0 Å². The molecule has 0 spiro atoms. The SMILES string of the molecule is CCCCc1cc(N)cc2c3c(ccc12)C1=C(CCC=C1)CC3. The molecule has 0 saturated heterocycles. The average molecular weight is 303 g/mol. The zero-order valence-electron chi connectivity index (χ0n) is 14.0. The maximum atomic E-state index is 6.24. The first kappa shape index (κ1) is 14.6. The lowest BCUT2D eigenvalue weighted by Crippen LogP contribution is -2.07. The first-order chi connectivity index (χ1) is 11.3. The molecule has 0 radical (unpaired) electrons. The van der Waals surface area contributed by atoms with Crippen molar-refractivity contribution in [2.24, 2.45) is 0 Å². The number of hydrogen-bond acceptors (Lipinski definition) is 1. The van der Waals surface area contributed by atoms with Crippen LogP contribution in [0.15, 0.2) is 42.0 Å². The topological polar surface area (TPSA) is 26.0 Å². The molecule has 2 aromatic rings. The summed E-state index contributed by atoms with van der Waals surface area (Å²) < 4.78 is 0. The largest absolute Gasteiger partial charge is 0.399 e. The summed E-state index contributed by atoms with van der Waals surface area (Å²) in [4.78, 5) is 0. The Hall–Kier alpha value is -2.02. The molecule has 0 saturated carbocycles. The molecule has 1 nitrogen and oxygen atoms in total. The lowest BCUT2D eigenvalue weighted by molar-refractivity contribution is 0.799. The van der Waals surface area contributed by atoms with Gasteiger partial charge in [0.1, 0.15) is 0 Å². The lowest BCUT2D eigenvalue weighted by Gasteiger charge is -2.26. The number of hydrogen-bond donors (Lipinski definition) is 1. The molecule has 0 amide bonds. The maximum Gasteiger partial charge on any atom is 0.0323 e. The minimum absolute atomic E-state index is 0.913. The fourth-order valence-corrected chi connectivity index (χ4v) is 4.22. The number of aryl methyl sites for hydroxylation is 2. The van der Waals surface area contributed by atoms with Crippen molar-refractivity contribution in [3.05, 3.63) is 58.7 Å². The minimum atomic E-state index is 0.913. The van der Waals surface area contributed by atoms with E-state index in [-0.39, 0.29) is 0 Å². The number of fused-ring (bicyclic) bond motifs is 4. The van der Waals surface area contributed by atoms with Gasteiger partial charge in [-0.3, -0.25) is 0 Å². The Morgan fingerprint density at radius 2 is 1.96 bits per heavy atom. The van der Waals surface area contributed by atoms with Gasteiger partial charge in [-0.1, -0.05) is 43.2 Å². The molecule has 0 aromatic heterocycles. The molecule has 0 atom stereocenters. The summed E-state index contributed by atoms with van der Waals surface area (Å²) in [6.45, 7) is 2.25. The number of benzene rings is 2. The van der Waals surface area contributed by atoms with E-state index in [4.69, 9.17) is 5.73 Å². The van der Waals surface area contributed by atoms with Crippen LogP contribution in [0.3, 0.4) is 0 Å². The minimum Gasteiger partial charge on any atom is -0.399 e. The van der Waals surface area contributed by atoms with Crippen molar-refractivity contribution in [2.75, 3.05) is 5.73 Å². The molecule has 0 unspecified atom stereocenters. The summed E-state index contributed by atoms with van der Waals surface area (Å²) in [5.41, 5.74) is 14.7. The van der Waals surface area contributed by atoms with Gasteiger partial charge in [-0.15, -0.1) is 0 Å². The highest BCUT2D eigenvalue weighted by molar-refractivity contribution is 5.97. The van der Waals surface area contributed by atoms with Gasteiger partial charge in [0, 0.05) is 5.69 Å². The molecule has 1 heteroatoms. The van der Waals surface area contributed by atoms with E-state index in [1.54, 1.807) is 5.57 Å². The van der Waals surface area contributed by atoms with E-state index in [1.807, 2.05) is 0 Å². The van der Waals surface area contributed by atoms with Crippen molar-refractivity contribution in [3.8, 4) is 0 Å². The summed E-state index contributed by atoms with van der Waals surface area (Å²) >= 11 is 0. The number of nitrogens with two attached hydrogens (primary N) is 1. The standard InChI is InChI=1S/C22H25N/c1-2-3-6-16-13-17(23)14-22-19(16)11-12-20-18-8-5-4-7-15(18)9-10-21(20)22/h5,8,11-14H,2-4,6-7,9-10,23H2,1H3. The molecule has 0 bridgehead atoms. The first-order valence-electron chi connectivity index (χ1n) is 9.01. The van der Waals surface area contributed by atoms with Gasteiger partial charge in [0.05, 0.1) is 0 Å². The van der Waals surface area contributed by atoms with Crippen LogP contribution in [0.4, 0.5) is 5.69 Å². The van der Waals surface area contributed by atoms with Crippen molar-refractivity contribution >= 4 is 22.0 Å². The van der Waals surface area contributed by atoms with Gasteiger partial charge < -0.3 is 5.73 Å². The number of anilines is 1. The smallest absolute Gasteiger partial charge is 0.0323 e. The van der Waals surface area contributed by atoms with Crippen LogP contribution in [0, 0.1) is 0 Å². The number of allylic oxidation sites excluding steroid dienone is 4. The van der Waals surface area contributed by atoms with Crippen LogP contribution in [-0.4, -0.2) is 0 Å². The van der Waals surface area contributed by atoms with Crippen molar-refractivity contribution in [3.63, 3.8) is 0 Å². The average Bonchev–Trinajstić information content (AvgIpc) is 2.59. The predicted molar refractivity (Wildman–Crippen MR) is 101 cm³/mol. The quantitative estimate of drug-likeness (QED) is 0.711. The zero-order chi connectivity index (χ0) is 15.8. The number of unbranched alkanes of at least 4 members (excludes halogenated alkanes) is 1. The summed E-state index contributed by atoms with van der Waals surface area (Å²) in [5.74, 6) is 0. The van der Waals surface area contributed by atoms with Crippen molar-refractivity contribution in [2.45, 2.75) is 51.9 Å². The van der Waals surface area contributed by atoms with Crippen molar-refractivity contribution in [1.29, 1.82) is 0 Å². The Bertz CT molecular complexity index is 823. The molecular formula is C22H25N. The molecule has 2 aliphatic carbocycles. The Balaban J connectivity index is 1.91. The van der Waals surface area contributed by atoms with Crippen LogP contribution in [0.5, 0.6) is 0 Å². The highest BCUT2D eigenvalue weighted by Gasteiger charge is 2.21. The third-order valence-corrected chi connectivity index (χ3v) is 5.40. The summed E-state index contributed by atoms with van der Waals surface area (Å²) in [6, 6.07) is 9.06. The van der Waals surface area contributed by atoms with Gasteiger partial charge in [-0.25, -0.2) is 0 Å². The molecule has 4 rings (SSSR count). The van der Waals surface area contributed by atoms with Crippen molar-refractivity contribution < 1.29 is 0 Å². The Kier molecular flexibility index (Phi) is 3.72. The van der Waals surface area contributed by atoms with Crippen LogP contribution in [0.25, 0.3) is 16.3 Å². The number of nitrogen functional groups attached to an aromatic ring is 1.